The standard InChI is InChI=1S/C14H17N3O4/c1-7-5-11(13(18)15-9(3)14(19)20)10(4)17(7)12-6-8(2)21-16-12/h5-6,9H,1-4H3,(H,15,18)(H,19,20). The third kappa shape index (κ3) is 2.81. The molecule has 0 spiro atoms. The molecule has 112 valence electrons. The van der Waals surface area contributed by atoms with Crippen molar-refractivity contribution < 1.29 is 19.2 Å². The Morgan fingerprint density at radius 1 is 1.33 bits per heavy atom. The van der Waals surface area contributed by atoms with Gasteiger partial charge in [0.2, 0.25) is 0 Å². The Morgan fingerprint density at radius 2 is 2.00 bits per heavy atom. The second-order valence-electron chi connectivity index (χ2n) is 4.95. The number of carbonyl (C=O) groups is 2. The SMILES string of the molecule is Cc1cc(-n2c(C)cc(C(=O)NC(C)C(=O)O)c2C)no1. The number of nitrogens with one attached hydrogen (secondary N) is 1. The molecule has 0 fully saturated rings. The van der Waals surface area contributed by atoms with Crippen LogP contribution in [0.3, 0.4) is 0 Å². The first-order chi connectivity index (χ1) is 9.81. The van der Waals surface area contributed by atoms with Crippen molar-refractivity contribution in [2.24, 2.45) is 0 Å². The molecule has 0 bridgehead atoms. The first-order valence-corrected chi connectivity index (χ1v) is 6.47. The summed E-state index contributed by atoms with van der Waals surface area (Å²) < 4.78 is 6.83. The number of carboxylic acid groups (broad SMARTS) is 1. The Morgan fingerprint density at radius 3 is 2.52 bits per heavy atom. The van der Waals surface area contributed by atoms with E-state index in [1.165, 1.54) is 6.92 Å². The highest BCUT2D eigenvalue weighted by molar-refractivity contribution is 5.97. The van der Waals surface area contributed by atoms with E-state index in [-0.39, 0.29) is 0 Å². The van der Waals surface area contributed by atoms with E-state index in [2.05, 4.69) is 10.5 Å². The Kier molecular flexibility index (Phi) is 3.84. The molecule has 1 amide bonds. The Bertz CT molecular complexity index is 699. The molecular formula is C14H17N3O4. The molecule has 2 rings (SSSR count). The van der Waals surface area contributed by atoms with Gasteiger partial charge in [-0.25, -0.2) is 0 Å². The Labute approximate surface area is 121 Å². The highest BCUT2D eigenvalue weighted by atomic mass is 16.5. The Hall–Kier alpha value is -2.57. The number of amides is 1. The number of hydrogen-bond donors (Lipinski definition) is 2. The van der Waals surface area contributed by atoms with Gasteiger partial charge in [-0.2, -0.15) is 0 Å². The molecule has 0 aliphatic heterocycles. The van der Waals surface area contributed by atoms with Crippen LogP contribution in [0.4, 0.5) is 0 Å². The van der Waals surface area contributed by atoms with Crippen LogP contribution in [-0.2, 0) is 4.79 Å². The number of nitrogens with zero attached hydrogens (tertiary/aromatic N) is 2. The van der Waals surface area contributed by atoms with Crippen molar-refractivity contribution in [3.63, 3.8) is 0 Å². The fourth-order valence-electron chi connectivity index (χ4n) is 2.14. The summed E-state index contributed by atoms with van der Waals surface area (Å²) in [7, 11) is 0. The van der Waals surface area contributed by atoms with Gasteiger partial charge in [0.1, 0.15) is 11.8 Å². The summed E-state index contributed by atoms with van der Waals surface area (Å²) >= 11 is 0. The van der Waals surface area contributed by atoms with Crippen molar-refractivity contribution in [2.75, 3.05) is 0 Å². The van der Waals surface area contributed by atoms with E-state index in [4.69, 9.17) is 9.63 Å². The van der Waals surface area contributed by atoms with Crippen LogP contribution in [0.2, 0.25) is 0 Å². The molecule has 0 saturated carbocycles. The third-order valence-corrected chi connectivity index (χ3v) is 3.24. The summed E-state index contributed by atoms with van der Waals surface area (Å²) in [4.78, 5) is 23.0. The summed E-state index contributed by atoms with van der Waals surface area (Å²) in [6, 6.07) is 2.51. The van der Waals surface area contributed by atoms with Gasteiger partial charge in [-0.3, -0.25) is 14.2 Å². The first kappa shape index (κ1) is 14.8. The summed E-state index contributed by atoms with van der Waals surface area (Å²) in [5.74, 6) is -0.246. The number of rotatable bonds is 4. The highest BCUT2D eigenvalue weighted by Gasteiger charge is 2.21. The molecule has 0 aliphatic carbocycles. The van der Waals surface area contributed by atoms with Crippen LogP contribution in [0, 0.1) is 20.8 Å². The normalized spacial score (nSPS) is 12.2. The van der Waals surface area contributed by atoms with Crippen molar-refractivity contribution in [2.45, 2.75) is 33.7 Å². The maximum atomic E-state index is 12.2. The zero-order valence-electron chi connectivity index (χ0n) is 12.3. The van der Waals surface area contributed by atoms with Crippen molar-refractivity contribution in [3.8, 4) is 5.82 Å². The van der Waals surface area contributed by atoms with Gasteiger partial charge in [-0.1, -0.05) is 5.16 Å². The van der Waals surface area contributed by atoms with Gasteiger partial charge in [0, 0.05) is 17.5 Å². The zero-order chi connectivity index (χ0) is 15.7. The lowest BCUT2D eigenvalue weighted by atomic mass is 10.2. The lowest BCUT2D eigenvalue weighted by Crippen LogP contribution is -2.38. The van der Waals surface area contributed by atoms with Crippen LogP contribution in [-0.4, -0.2) is 32.7 Å². The number of hydrogen-bond acceptors (Lipinski definition) is 4. The van der Waals surface area contributed by atoms with E-state index in [9.17, 15) is 9.59 Å². The lowest BCUT2D eigenvalue weighted by Gasteiger charge is -2.09. The van der Waals surface area contributed by atoms with Crippen LogP contribution < -0.4 is 5.32 Å². The molecule has 0 radical (unpaired) electrons. The van der Waals surface area contributed by atoms with Crippen LogP contribution in [0.15, 0.2) is 16.7 Å². The number of carboxylic acids is 1. The minimum Gasteiger partial charge on any atom is -0.480 e. The van der Waals surface area contributed by atoms with Crippen LogP contribution in [0.5, 0.6) is 0 Å². The summed E-state index contributed by atoms with van der Waals surface area (Å²) in [6.45, 7) is 6.82. The van der Waals surface area contributed by atoms with E-state index in [0.717, 1.165) is 5.69 Å². The average Bonchev–Trinajstić information content (AvgIpc) is 2.93. The fourth-order valence-corrected chi connectivity index (χ4v) is 2.14. The predicted octanol–water partition coefficient (Wildman–Crippen LogP) is 1.59. The number of carbonyl (C=O) groups excluding carboxylic acids is 1. The lowest BCUT2D eigenvalue weighted by molar-refractivity contribution is -0.138. The summed E-state index contributed by atoms with van der Waals surface area (Å²) in [6.07, 6.45) is 0. The summed E-state index contributed by atoms with van der Waals surface area (Å²) in [5.41, 5.74) is 1.91. The molecule has 2 heterocycles. The molecule has 7 heteroatoms. The molecule has 1 unspecified atom stereocenters. The van der Waals surface area contributed by atoms with Crippen LogP contribution in [0.1, 0.15) is 34.4 Å². The van der Waals surface area contributed by atoms with Crippen molar-refractivity contribution in [1.82, 2.24) is 15.0 Å². The topological polar surface area (TPSA) is 97.4 Å². The monoisotopic (exact) mass is 291 g/mol. The van der Waals surface area contributed by atoms with Gasteiger partial charge in [0.05, 0.1) is 5.56 Å². The molecule has 0 saturated heterocycles. The predicted molar refractivity (Wildman–Crippen MR) is 74.6 cm³/mol. The number of aryl methyl sites for hydroxylation is 2. The molecule has 2 N–H and O–H groups in total. The van der Waals surface area contributed by atoms with Crippen LogP contribution >= 0.6 is 0 Å². The third-order valence-electron chi connectivity index (χ3n) is 3.24. The minimum absolute atomic E-state index is 0.418. The van der Waals surface area contributed by atoms with E-state index >= 15 is 0 Å². The number of aromatic nitrogens is 2. The van der Waals surface area contributed by atoms with Gasteiger partial charge in [-0.05, 0) is 33.8 Å². The average molecular weight is 291 g/mol. The molecule has 1 atom stereocenters. The molecule has 21 heavy (non-hydrogen) atoms. The first-order valence-electron chi connectivity index (χ1n) is 6.47. The minimum atomic E-state index is -1.08. The quantitative estimate of drug-likeness (QED) is 0.891. The molecule has 0 aromatic carbocycles. The van der Waals surface area contributed by atoms with E-state index in [1.54, 1.807) is 30.5 Å². The maximum Gasteiger partial charge on any atom is 0.325 e. The second kappa shape index (κ2) is 5.43. The smallest absolute Gasteiger partial charge is 0.325 e. The molecular weight excluding hydrogens is 274 g/mol. The molecule has 2 aromatic rings. The molecule has 7 nitrogen and oxygen atoms in total. The molecule has 2 aromatic heterocycles. The van der Waals surface area contributed by atoms with E-state index in [1.807, 2.05) is 6.92 Å². The number of aliphatic carboxylic acids is 1. The second-order valence-corrected chi connectivity index (χ2v) is 4.95. The Balaban J connectivity index is 2.35. The van der Waals surface area contributed by atoms with Gasteiger partial charge in [0.15, 0.2) is 5.82 Å². The van der Waals surface area contributed by atoms with Crippen molar-refractivity contribution >= 4 is 11.9 Å². The highest BCUT2D eigenvalue weighted by Crippen LogP contribution is 2.20. The van der Waals surface area contributed by atoms with Crippen molar-refractivity contribution in [3.05, 3.63) is 34.8 Å². The summed E-state index contributed by atoms with van der Waals surface area (Å²) in [5, 5.41) is 15.2. The van der Waals surface area contributed by atoms with Gasteiger partial charge < -0.3 is 14.9 Å². The van der Waals surface area contributed by atoms with Crippen molar-refractivity contribution in [1.29, 1.82) is 0 Å². The largest absolute Gasteiger partial charge is 0.480 e. The van der Waals surface area contributed by atoms with Gasteiger partial charge in [-0.15, -0.1) is 0 Å². The van der Waals surface area contributed by atoms with E-state index < -0.39 is 17.9 Å². The fraction of sp³-hybridized carbons (Fsp3) is 0.357. The molecule has 0 aliphatic rings. The van der Waals surface area contributed by atoms with E-state index in [0.29, 0.717) is 22.8 Å². The van der Waals surface area contributed by atoms with Crippen LogP contribution in [0.25, 0.3) is 5.82 Å². The zero-order valence-corrected chi connectivity index (χ0v) is 12.3. The maximum absolute atomic E-state index is 12.2. The van der Waals surface area contributed by atoms with Gasteiger partial charge in [0.25, 0.3) is 5.91 Å². The van der Waals surface area contributed by atoms with Gasteiger partial charge >= 0.3 is 5.97 Å².